The van der Waals surface area contributed by atoms with Gasteiger partial charge < -0.3 is 10.1 Å². The van der Waals surface area contributed by atoms with Gasteiger partial charge in [0.1, 0.15) is 11.6 Å². The van der Waals surface area contributed by atoms with Gasteiger partial charge in [-0.15, -0.1) is 0 Å². The van der Waals surface area contributed by atoms with Crippen molar-refractivity contribution in [1.29, 1.82) is 0 Å². The lowest BCUT2D eigenvalue weighted by Crippen LogP contribution is -2.12. The van der Waals surface area contributed by atoms with Crippen LogP contribution in [-0.2, 0) is 4.74 Å². The maximum absolute atomic E-state index is 12.9. The van der Waals surface area contributed by atoms with E-state index in [0.29, 0.717) is 5.82 Å². The van der Waals surface area contributed by atoms with Crippen molar-refractivity contribution in [2.24, 2.45) is 0 Å². The quantitative estimate of drug-likeness (QED) is 0.869. The Morgan fingerprint density at radius 2 is 2.00 bits per heavy atom. The fourth-order valence-corrected chi connectivity index (χ4v) is 1.69. The van der Waals surface area contributed by atoms with E-state index in [2.05, 4.69) is 20.0 Å². The Morgan fingerprint density at radius 1 is 1.30 bits per heavy atom. The molecule has 104 valence electrons. The highest BCUT2D eigenvalue weighted by Crippen LogP contribution is 2.18. The van der Waals surface area contributed by atoms with E-state index in [1.165, 1.54) is 25.4 Å². The van der Waals surface area contributed by atoms with Gasteiger partial charge in [0.05, 0.1) is 7.11 Å². The van der Waals surface area contributed by atoms with E-state index in [9.17, 15) is 9.18 Å². The summed E-state index contributed by atoms with van der Waals surface area (Å²) in [6.45, 7) is 1.91. The van der Waals surface area contributed by atoms with Crippen LogP contribution in [0.4, 0.5) is 10.2 Å². The molecule has 0 bridgehead atoms. The first-order valence-corrected chi connectivity index (χ1v) is 6.03. The van der Waals surface area contributed by atoms with Gasteiger partial charge in [-0.2, -0.15) is 0 Å². The van der Waals surface area contributed by atoms with Gasteiger partial charge >= 0.3 is 5.97 Å². The Bertz CT molecular complexity index is 602. The zero-order valence-corrected chi connectivity index (χ0v) is 11.1. The van der Waals surface area contributed by atoms with Crippen molar-refractivity contribution in [2.75, 3.05) is 12.4 Å². The van der Waals surface area contributed by atoms with E-state index in [-0.39, 0.29) is 17.7 Å². The third-order valence-electron chi connectivity index (χ3n) is 2.76. The number of nitrogens with one attached hydrogen (secondary N) is 1. The molecule has 6 heteroatoms. The molecule has 0 saturated heterocycles. The minimum Gasteiger partial charge on any atom is -0.463 e. The molecule has 20 heavy (non-hydrogen) atoms. The average molecular weight is 275 g/mol. The molecular weight excluding hydrogens is 261 g/mol. The zero-order chi connectivity index (χ0) is 14.5. The first kappa shape index (κ1) is 13.9. The van der Waals surface area contributed by atoms with Crippen LogP contribution in [-0.4, -0.2) is 23.0 Å². The summed E-state index contributed by atoms with van der Waals surface area (Å²) in [7, 11) is 1.27. The van der Waals surface area contributed by atoms with Crippen LogP contribution in [0.25, 0.3) is 0 Å². The van der Waals surface area contributed by atoms with Crippen LogP contribution < -0.4 is 5.32 Å². The smallest absolute Gasteiger partial charge is 0.376 e. The predicted molar refractivity (Wildman–Crippen MR) is 71.8 cm³/mol. The Balaban J connectivity index is 2.13. The molecule has 1 atom stereocenters. The van der Waals surface area contributed by atoms with Crippen LogP contribution in [0, 0.1) is 5.82 Å². The number of esters is 1. The summed E-state index contributed by atoms with van der Waals surface area (Å²) in [4.78, 5) is 19.2. The first-order valence-electron chi connectivity index (χ1n) is 6.03. The number of ether oxygens (including phenoxy) is 1. The highest BCUT2D eigenvalue weighted by atomic mass is 19.1. The van der Waals surface area contributed by atoms with Gasteiger partial charge in [-0.05, 0) is 30.7 Å². The van der Waals surface area contributed by atoms with Crippen LogP contribution in [0.3, 0.4) is 0 Å². The van der Waals surface area contributed by atoms with Crippen molar-refractivity contribution in [1.82, 2.24) is 9.97 Å². The molecule has 1 unspecified atom stereocenters. The van der Waals surface area contributed by atoms with E-state index in [4.69, 9.17) is 0 Å². The van der Waals surface area contributed by atoms with E-state index in [1.807, 2.05) is 6.92 Å². The number of methoxy groups -OCH3 is 1. The summed E-state index contributed by atoms with van der Waals surface area (Å²) in [5.74, 6) is -0.389. The number of aromatic nitrogens is 2. The molecule has 1 heterocycles. The molecule has 1 N–H and O–H groups in total. The number of anilines is 1. The van der Waals surface area contributed by atoms with Crippen LogP contribution in [0.5, 0.6) is 0 Å². The minimum atomic E-state index is -0.594. The maximum Gasteiger partial charge on any atom is 0.376 e. The molecule has 0 radical (unpaired) electrons. The maximum atomic E-state index is 12.9. The number of carbonyl (C=O) groups is 1. The molecule has 0 aliphatic rings. The standard InChI is InChI=1S/C14H14FN3O2/c1-9(10-3-5-11(15)6-4-10)17-12-7-8-16-13(18-12)14(19)20-2/h3-9H,1-2H3,(H,16,17,18). The molecule has 2 rings (SSSR count). The third-order valence-corrected chi connectivity index (χ3v) is 2.76. The number of rotatable bonds is 4. The van der Waals surface area contributed by atoms with Crippen LogP contribution in [0.2, 0.25) is 0 Å². The highest BCUT2D eigenvalue weighted by Gasteiger charge is 2.11. The second-order valence-electron chi connectivity index (χ2n) is 4.17. The lowest BCUT2D eigenvalue weighted by Gasteiger charge is -2.15. The molecular formula is C14H14FN3O2. The largest absolute Gasteiger partial charge is 0.463 e. The van der Waals surface area contributed by atoms with Gasteiger partial charge in [0.15, 0.2) is 0 Å². The Hall–Kier alpha value is -2.50. The van der Waals surface area contributed by atoms with E-state index < -0.39 is 5.97 Å². The van der Waals surface area contributed by atoms with E-state index in [1.54, 1.807) is 18.2 Å². The SMILES string of the molecule is COC(=O)c1nccc(NC(C)c2ccc(F)cc2)n1. The summed E-state index contributed by atoms with van der Waals surface area (Å²) in [5, 5.41) is 3.12. The zero-order valence-electron chi connectivity index (χ0n) is 11.1. The molecule has 1 aromatic heterocycles. The molecule has 0 saturated carbocycles. The van der Waals surface area contributed by atoms with Crippen molar-refractivity contribution >= 4 is 11.8 Å². The third kappa shape index (κ3) is 3.28. The Kier molecular flexibility index (Phi) is 4.24. The van der Waals surface area contributed by atoms with Crippen molar-refractivity contribution in [3.63, 3.8) is 0 Å². The molecule has 1 aromatic carbocycles. The second-order valence-corrected chi connectivity index (χ2v) is 4.17. The number of hydrogen-bond donors (Lipinski definition) is 1. The molecule has 0 amide bonds. The van der Waals surface area contributed by atoms with Gasteiger partial charge in [0.2, 0.25) is 5.82 Å². The van der Waals surface area contributed by atoms with Crippen molar-refractivity contribution in [2.45, 2.75) is 13.0 Å². The predicted octanol–water partition coefficient (Wildman–Crippen LogP) is 2.58. The van der Waals surface area contributed by atoms with Gasteiger partial charge in [-0.3, -0.25) is 0 Å². The lowest BCUT2D eigenvalue weighted by atomic mass is 10.1. The van der Waals surface area contributed by atoms with E-state index in [0.717, 1.165) is 5.56 Å². The molecule has 0 aliphatic carbocycles. The fourth-order valence-electron chi connectivity index (χ4n) is 1.69. The van der Waals surface area contributed by atoms with Gasteiger partial charge in [0, 0.05) is 12.2 Å². The summed E-state index contributed by atoms with van der Waals surface area (Å²) >= 11 is 0. The van der Waals surface area contributed by atoms with E-state index >= 15 is 0 Å². The minimum absolute atomic E-state index is 0.0104. The van der Waals surface area contributed by atoms with Gasteiger partial charge in [-0.25, -0.2) is 19.2 Å². The van der Waals surface area contributed by atoms with Gasteiger partial charge in [0.25, 0.3) is 0 Å². The average Bonchev–Trinajstić information content (AvgIpc) is 2.47. The normalized spacial score (nSPS) is 11.8. The molecule has 0 aliphatic heterocycles. The Morgan fingerprint density at radius 3 is 2.65 bits per heavy atom. The topological polar surface area (TPSA) is 64.1 Å². The molecule has 5 nitrogen and oxygen atoms in total. The van der Waals surface area contributed by atoms with Crippen molar-refractivity contribution in [3.8, 4) is 0 Å². The summed E-state index contributed by atoms with van der Waals surface area (Å²) < 4.78 is 17.4. The summed E-state index contributed by atoms with van der Waals surface area (Å²) in [6, 6.07) is 7.73. The summed E-state index contributed by atoms with van der Waals surface area (Å²) in [5.41, 5.74) is 0.907. The summed E-state index contributed by atoms with van der Waals surface area (Å²) in [6.07, 6.45) is 1.47. The monoisotopic (exact) mass is 275 g/mol. The lowest BCUT2D eigenvalue weighted by molar-refractivity contribution is 0.0587. The molecule has 0 spiro atoms. The van der Waals surface area contributed by atoms with Crippen molar-refractivity contribution < 1.29 is 13.9 Å². The van der Waals surface area contributed by atoms with Crippen molar-refractivity contribution in [3.05, 3.63) is 53.7 Å². The second kappa shape index (κ2) is 6.10. The Labute approximate surface area is 115 Å². The fraction of sp³-hybridized carbons (Fsp3) is 0.214. The van der Waals surface area contributed by atoms with Crippen LogP contribution in [0.15, 0.2) is 36.5 Å². The first-order chi connectivity index (χ1) is 9.60. The number of nitrogens with zero attached hydrogens (tertiary/aromatic N) is 2. The van der Waals surface area contributed by atoms with Gasteiger partial charge in [-0.1, -0.05) is 12.1 Å². The van der Waals surface area contributed by atoms with Crippen LogP contribution in [0.1, 0.15) is 29.1 Å². The number of hydrogen-bond acceptors (Lipinski definition) is 5. The number of carbonyl (C=O) groups excluding carboxylic acids is 1. The highest BCUT2D eigenvalue weighted by molar-refractivity contribution is 5.85. The molecule has 0 fully saturated rings. The molecule has 2 aromatic rings. The number of benzene rings is 1. The number of halogens is 1. The van der Waals surface area contributed by atoms with Crippen LogP contribution >= 0.6 is 0 Å².